The number of halogens is 1. The van der Waals surface area contributed by atoms with Gasteiger partial charge in [-0.05, 0) is 57.9 Å². The van der Waals surface area contributed by atoms with Gasteiger partial charge in [0.05, 0.1) is 0 Å². The number of aromatic nitrogens is 2. The lowest BCUT2D eigenvalue weighted by Gasteiger charge is -2.26. The Morgan fingerprint density at radius 3 is 2.43 bits per heavy atom. The molecule has 0 fully saturated rings. The molecule has 3 nitrogen and oxygen atoms in total. The van der Waals surface area contributed by atoms with E-state index in [1.165, 1.54) is 0 Å². The van der Waals surface area contributed by atoms with E-state index in [0.29, 0.717) is 17.7 Å². The molecule has 0 spiro atoms. The lowest BCUT2D eigenvalue weighted by Crippen LogP contribution is -2.22. The van der Waals surface area contributed by atoms with Gasteiger partial charge in [-0.1, -0.05) is 42.0 Å². The van der Waals surface area contributed by atoms with Gasteiger partial charge in [0, 0.05) is 23.4 Å². The molecule has 0 bridgehead atoms. The molecule has 0 aliphatic heterocycles. The van der Waals surface area contributed by atoms with Gasteiger partial charge < -0.3 is 5.32 Å². The molecule has 1 aliphatic carbocycles. The van der Waals surface area contributed by atoms with E-state index in [0.717, 1.165) is 39.5 Å². The van der Waals surface area contributed by atoms with Gasteiger partial charge in [0.2, 0.25) is 0 Å². The second-order valence-corrected chi connectivity index (χ2v) is 7.97. The number of anilines is 2. The number of hydrogen-bond donors (Lipinski definition) is 1. The normalized spacial score (nSPS) is 19.5. The fourth-order valence-electron chi connectivity index (χ4n) is 3.90. The number of hydrogen-bond acceptors (Lipinski definition) is 2. The zero-order valence-electron chi connectivity index (χ0n) is 17.1. The van der Waals surface area contributed by atoms with Crippen molar-refractivity contribution in [2.75, 3.05) is 5.32 Å². The van der Waals surface area contributed by atoms with Crippen molar-refractivity contribution in [3.63, 3.8) is 0 Å². The highest BCUT2D eigenvalue weighted by atomic mass is 19.1. The number of imidazole rings is 1. The number of pyridine rings is 1. The predicted molar refractivity (Wildman–Crippen MR) is 115 cm³/mol. The molecule has 2 heterocycles. The third-order valence-corrected chi connectivity index (χ3v) is 5.56. The van der Waals surface area contributed by atoms with Gasteiger partial charge in [-0.3, -0.25) is 4.40 Å². The molecule has 0 radical (unpaired) electrons. The highest BCUT2D eigenvalue weighted by molar-refractivity contribution is 5.84. The van der Waals surface area contributed by atoms with Crippen LogP contribution in [0.25, 0.3) is 11.2 Å². The monoisotopic (exact) mass is 375 g/mol. The molecule has 0 saturated carbocycles. The van der Waals surface area contributed by atoms with Crippen LogP contribution in [0.4, 0.5) is 15.9 Å². The number of allylic oxidation sites excluding steroid dienone is 4. The van der Waals surface area contributed by atoms with Crippen LogP contribution in [0.2, 0.25) is 0 Å². The molecule has 1 aromatic carbocycles. The van der Waals surface area contributed by atoms with E-state index < -0.39 is 5.67 Å². The Labute approximate surface area is 165 Å². The first kappa shape index (κ1) is 18.5. The Morgan fingerprint density at radius 2 is 1.71 bits per heavy atom. The first-order valence-electron chi connectivity index (χ1n) is 9.67. The van der Waals surface area contributed by atoms with Crippen molar-refractivity contribution in [3.05, 3.63) is 76.6 Å². The Balaban J connectivity index is 1.99. The molecule has 0 amide bonds. The lowest BCUT2D eigenvalue weighted by molar-refractivity contribution is 0.272. The highest BCUT2D eigenvalue weighted by Crippen LogP contribution is 2.42. The van der Waals surface area contributed by atoms with Crippen molar-refractivity contribution >= 4 is 22.7 Å². The third-order valence-electron chi connectivity index (χ3n) is 5.56. The highest BCUT2D eigenvalue weighted by Gasteiger charge is 2.34. The molecule has 1 unspecified atom stereocenters. The second kappa shape index (κ2) is 6.62. The molecule has 1 atom stereocenters. The van der Waals surface area contributed by atoms with Crippen LogP contribution in [0.3, 0.4) is 0 Å². The molecule has 3 aromatic rings. The summed E-state index contributed by atoms with van der Waals surface area (Å²) in [5, 5.41) is 3.60. The minimum absolute atomic E-state index is 0.361. The number of para-hydroxylation sites is 1. The van der Waals surface area contributed by atoms with E-state index in [1.54, 1.807) is 6.92 Å². The topological polar surface area (TPSA) is 29.3 Å². The van der Waals surface area contributed by atoms with E-state index in [2.05, 4.69) is 35.7 Å². The number of fused-ring (bicyclic) bond motifs is 1. The van der Waals surface area contributed by atoms with Gasteiger partial charge in [-0.15, -0.1) is 0 Å². The summed E-state index contributed by atoms with van der Waals surface area (Å²) < 4.78 is 17.6. The van der Waals surface area contributed by atoms with Crippen LogP contribution in [-0.4, -0.2) is 15.1 Å². The average molecular weight is 375 g/mol. The van der Waals surface area contributed by atoms with Gasteiger partial charge in [0.25, 0.3) is 0 Å². The number of nitrogens with zero attached hydrogens (tertiary/aromatic N) is 2. The van der Waals surface area contributed by atoms with Crippen molar-refractivity contribution in [2.45, 2.75) is 46.7 Å². The Bertz CT molecular complexity index is 1110. The number of aryl methyl sites for hydroxylation is 3. The summed E-state index contributed by atoms with van der Waals surface area (Å²) in [4.78, 5) is 4.85. The molecule has 1 N–H and O–H groups in total. The zero-order valence-corrected chi connectivity index (χ0v) is 17.1. The summed E-state index contributed by atoms with van der Waals surface area (Å²) in [7, 11) is 0. The largest absolute Gasteiger partial charge is 0.339 e. The predicted octanol–water partition coefficient (Wildman–Crippen LogP) is 6.46. The molecule has 0 saturated heterocycles. The Morgan fingerprint density at radius 1 is 1.04 bits per heavy atom. The van der Waals surface area contributed by atoms with Crippen LogP contribution in [-0.2, 0) is 0 Å². The van der Waals surface area contributed by atoms with Crippen molar-refractivity contribution in [3.8, 4) is 0 Å². The second-order valence-electron chi connectivity index (χ2n) is 7.97. The van der Waals surface area contributed by atoms with Crippen LogP contribution in [0.15, 0.2) is 54.1 Å². The number of rotatable bonds is 3. The van der Waals surface area contributed by atoms with Crippen molar-refractivity contribution in [1.29, 1.82) is 0 Å². The van der Waals surface area contributed by atoms with Gasteiger partial charge in [-0.2, -0.15) is 0 Å². The molecule has 4 rings (SSSR count). The van der Waals surface area contributed by atoms with Gasteiger partial charge in [-0.25, -0.2) is 9.37 Å². The molecule has 144 valence electrons. The maximum Gasteiger partial charge on any atom is 0.143 e. The molecule has 28 heavy (non-hydrogen) atoms. The van der Waals surface area contributed by atoms with Crippen LogP contribution in [0.5, 0.6) is 0 Å². The fraction of sp³-hybridized carbons (Fsp3) is 0.292. The molecule has 2 aromatic heterocycles. The quantitative estimate of drug-likeness (QED) is 0.569. The number of alkyl halides is 1. The summed E-state index contributed by atoms with van der Waals surface area (Å²) in [5.74, 6) is 0.815. The van der Waals surface area contributed by atoms with Crippen molar-refractivity contribution < 1.29 is 4.39 Å². The fourth-order valence-corrected chi connectivity index (χ4v) is 3.90. The standard InChI is InChI=1S/C24H26FN3/c1-15-12-13-24(5,25)19(14-15)22-23(27-21-16(2)8-6-9-17(21)3)28-18(4)10-7-11-20(28)26-22/h6-12,14,27H,13H2,1-5H3. The summed E-state index contributed by atoms with van der Waals surface area (Å²) in [6, 6.07) is 12.2. The van der Waals surface area contributed by atoms with E-state index in [1.807, 2.05) is 50.3 Å². The lowest BCUT2D eigenvalue weighted by atomic mass is 9.85. The first-order valence-corrected chi connectivity index (χ1v) is 9.67. The SMILES string of the molecule is CC1=CCC(C)(F)C(c2nc3cccc(C)n3c2Nc2c(C)cccc2C)=C1. The summed E-state index contributed by atoms with van der Waals surface area (Å²) in [6.45, 7) is 9.86. The van der Waals surface area contributed by atoms with Crippen LogP contribution in [0, 0.1) is 20.8 Å². The average Bonchev–Trinajstić information content (AvgIpc) is 3.00. The summed E-state index contributed by atoms with van der Waals surface area (Å²) in [6.07, 6.45) is 4.24. The Kier molecular flexibility index (Phi) is 4.37. The molecule has 4 heteroatoms. The van der Waals surface area contributed by atoms with Crippen molar-refractivity contribution in [2.24, 2.45) is 0 Å². The molecular weight excluding hydrogens is 349 g/mol. The minimum Gasteiger partial charge on any atom is -0.339 e. The van der Waals surface area contributed by atoms with E-state index in [4.69, 9.17) is 4.98 Å². The molecular formula is C24H26FN3. The summed E-state index contributed by atoms with van der Waals surface area (Å²) >= 11 is 0. The van der Waals surface area contributed by atoms with Gasteiger partial charge in [0.15, 0.2) is 0 Å². The van der Waals surface area contributed by atoms with Crippen LogP contribution in [0.1, 0.15) is 42.8 Å². The summed E-state index contributed by atoms with van der Waals surface area (Å²) in [5.41, 5.74) is 6.11. The maximum atomic E-state index is 15.5. The van der Waals surface area contributed by atoms with E-state index in [9.17, 15) is 0 Å². The van der Waals surface area contributed by atoms with Crippen LogP contribution < -0.4 is 5.32 Å². The number of benzene rings is 1. The maximum absolute atomic E-state index is 15.5. The molecule has 1 aliphatic rings. The smallest absolute Gasteiger partial charge is 0.143 e. The first-order chi connectivity index (χ1) is 13.3. The number of nitrogens with one attached hydrogen (secondary N) is 1. The van der Waals surface area contributed by atoms with E-state index >= 15 is 4.39 Å². The minimum atomic E-state index is -1.46. The Hall–Kier alpha value is -2.88. The van der Waals surface area contributed by atoms with Crippen LogP contribution >= 0.6 is 0 Å². The third kappa shape index (κ3) is 3.03. The zero-order chi connectivity index (χ0) is 20.1. The van der Waals surface area contributed by atoms with Gasteiger partial charge >= 0.3 is 0 Å². The van der Waals surface area contributed by atoms with Crippen molar-refractivity contribution in [1.82, 2.24) is 9.38 Å². The van der Waals surface area contributed by atoms with E-state index in [-0.39, 0.29) is 0 Å². The van der Waals surface area contributed by atoms with Gasteiger partial charge in [0.1, 0.15) is 22.8 Å².